The van der Waals surface area contributed by atoms with Crippen LogP contribution in [0.2, 0.25) is 5.02 Å². The van der Waals surface area contributed by atoms with E-state index in [2.05, 4.69) is 25.6 Å². The number of hydrogen-bond donors (Lipinski definition) is 2. The van der Waals surface area contributed by atoms with Gasteiger partial charge in [-0.05, 0) is 17.3 Å². The van der Waals surface area contributed by atoms with E-state index in [4.69, 9.17) is 11.6 Å². The Balaban J connectivity index is 1.52. The van der Waals surface area contributed by atoms with Gasteiger partial charge in [-0.3, -0.25) is 4.79 Å². The molecule has 0 saturated carbocycles. The molecule has 0 saturated heterocycles. The number of amides is 1. The van der Waals surface area contributed by atoms with Gasteiger partial charge in [-0.25, -0.2) is 0 Å². The third-order valence-corrected chi connectivity index (χ3v) is 5.31. The van der Waals surface area contributed by atoms with Gasteiger partial charge in [-0.2, -0.15) is 5.21 Å². The number of nitrogens with one attached hydrogen (secondary N) is 2. The van der Waals surface area contributed by atoms with Crippen LogP contribution in [0.15, 0.2) is 42.5 Å². The van der Waals surface area contributed by atoms with Crippen molar-refractivity contribution in [2.75, 3.05) is 6.54 Å². The zero-order chi connectivity index (χ0) is 18.4. The van der Waals surface area contributed by atoms with E-state index in [9.17, 15) is 4.79 Å². The van der Waals surface area contributed by atoms with Crippen LogP contribution < -0.4 is 0 Å². The van der Waals surface area contributed by atoms with Crippen molar-refractivity contribution in [2.45, 2.75) is 13.0 Å². The summed E-state index contributed by atoms with van der Waals surface area (Å²) in [6.45, 7) is 1.17. The predicted molar refractivity (Wildman–Crippen MR) is 101 cm³/mol. The monoisotopic (exact) mass is 378 g/mol. The Morgan fingerprint density at radius 2 is 2.04 bits per heavy atom. The van der Waals surface area contributed by atoms with E-state index >= 15 is 0 Å². The summed E-state index contributed by atoms with van der Waals surface area (Å²) in [7, 11) is 0. The first-order chi connectivity index (χ1) is 13.2. The Hall–Kier alpha value is -3.19. The minimum Gasteiger partial charge on any atom is -0.357 e. The van der Waals surface area contributed by atoms with Crippen molar-refractivity contribution in [3.63, 3.8) is 0 Å². The van der Waals surface area contributed by atoms with E-state index in [1.165, 1.54) is 0 Å². The Bertz CT molecular complexity index is 1150. The predicted octanol–water partition coefficient (Wildman–Crippen LogP) is 3.20. The van der Waals surface area contributed by atoms with E-state index in [1.54, 1.807) is 6.07 Å². The van der Waals surface area contributed by atoms with Crippen LogP contribution >= 0.6 is 11.6 Å². The average Bonchev–Trinajstić information content (AvgIpc) is 3.36. The van der Waals surface area contributed by atoms with Crippen LogP contribution in [0.25, 0.3) is 22.3 Å². The molecule has 134 valence electrons. The number of carbonyl (C=O) groups is 1. The standard InChI is InChI=1S/C19H15ClN6O/c20-15-7-3-6-11-14-10-26(9-8-16(14)21-17(11)15)19(27)13-5-2-1-4-12(13)18-22-24-25-23-18/h1-7,21H,8-10H2,(H,22,23,24,25). The number of aromatic nitrogens is 5. The van der Waals surface area contributed by atoms with Crippen LogP contribution in [0.1, 0.15) is 21.6 Å². The van der Waals surface area contributed by atoms with Gasteiger partial charge in [0.2, 0.25) is 5.82 Å². The van der Waals surface area contributed by atoms with Crippen LogP contribution in [0, 0.1) is 0 Å². The van der Waals surface area contributed by atoms with Crippen LogP contribution in [0.5, 0.6) is 0 Å². The van der Waals surface area contributed by atoms with Gasteiger partial charge in [-0.15, -0.1) is 10.2 Å². The number of para-hydroxylation sites is 1. The fraction of sp³-hybridized carbons (Fsp3) is 0.158. The van der Waals surface area contributed by atoms with E-state index < -0.39 is 0 Å². The van der Waals surface area contributed by atoms with Crippen LogP contribution in [0.3, 0.4) is 0 Å². The molecule has 0 bridgehead atoms. The van der Waals surface area contributed by atoms with Crippen molar-refractivity contribution in [2.24, 2.45) is 0 Å². The van der Waals surface area contributed by atoms with Gasteiger partial charge in [-0.1, -0.05) is 41.9 Å². The van der Waals surface area contributed by atoms with E-state index in [1.807, 2.05) is 41.3 Å². The number of benzene rings is 2. The Morgan fingerprint density at radius 1 is 1.15 bits per heavy atom. The zero-order valence-corrected chi connectivity index (χ0v) is 15.0. The molecule has 4 aromatic rings. The van der Waals surface area contributed by atoms with Gasteiger partial charge < -0.3 is 9.88 Å². The number of tetrazole rings is 1. The van der Waals surface area contributed by atoms with Crippen LogP contribution in [0.4, 0.5) is 0 Å². The van der Waals surface area contributed by atoms with Crippen molar-refractivity contribution in [3.05, 3.63) is 64.3 Å². The summed E-state index contributed by atoms with van der Waals surface area (Å²) in [6, 6.07) is 13.2. The molecule has 3 heterocycles. The smallest absolute Gasteiger partial charge is 0.254 e. The molecule has 2 aromatic carbocycles. The molecule has 8 heteroatoms. The molecule has 2 aromatic heterocycles. The van der Waals surface area contributed by atoms with Crippen LogP contribution in [-0.4, -0.2) is 43.0 Å². The molecule has 0 aliphatic carbocycles. The average molecular weight is 379 g/mol. The summed E-state index contributed by atoms with van der Waals surface area (Å²) >= 11 is 6.31. The van der Waals surface area contributed by atoms with Crippen LogP contribution in [-0.2, 0) is 13.0 Å². The molecule has 1 amide bonds. The third-order valence-electron chi connectivity index (χ3n) is 4.99. The first-order valence-electron chi connectivity index (χ1n) is 8.62. The van der Waals surface area contributed by atoms with Crippen molar-refractivity contribution in [1.29, 1.82) is 0 Å². The molecular formula is C19H15ClN6O. The highest BCUT2D eigenvalue weighted by Gasteiger charge is 2.27. The number of fused-ring (bicyclic) bond motifs is 3. The van der Waals surface area contributed by atoms with E-state index in [-0.39, 0.29) is 5.91 Å². The number of aromatic amines is 2. The Kier molecular flexibility index (Phi) is 3.68. The van der Waals surface area contributed by atoms with Gasteiger partial charge in [0.1, 0.15) is 0 Å². The maximum absolute atomic E-state index is 13.3. The first-order valence-corrected chi connectivity index (χ1v) is 9.00. The molecule has 27 heavy (non-hydrogen) atoms. The molecular weight excluding hydrogens is 364 g/mol. The normalized spacial score (nSPS) is 13.7. The molecule has 1 aliphatic rings. The second-order valence-electron chi connectivity index (χ2n) is 6.50. The van der Waals surface area contributed by atoms with Crippen molar-refractivity contribution in [1.82, 2.24) is 30.5 Å². The lowest BCUT2D eigenvalue weighted by atomic mass is 10.0. The molecule has 7 nitrogen and oxygen atoms in total. The molecule has 5 rings (SSSR count). The van der Waals surface area contributed by atoms with Gasteiger partial charge in [0, 0.05) is 41.7 Å². The summed E-state index contributed by atoms with van der Waals surface area (Å²) in [4.78, 5) is 18.5. The molecule has 0 unspecified atom stereocenters. The fourth-order valence-electron chi connectivity index (χ4n) is 3.69. The second kappa shape index (κ2) is 6.21. The minimum absolute atomic E-state index is 0.0440. The fourth-order valence-corrected chi connectivity index (χ4v) is 3.91. The van der Waals surface area contributed by atoms with Gasteiger partial charge >= 0.3 is 0 Å². The van der Waals surface area contributed by atoms with Gasteiger partial charge in [0.15, 0.2) is 0 Å². The number of hydrogen-bond acceptors (Lipinski definition) is 4. The highest BCUT2D eigenvalue weighted by Crippen LogP contribution is 2.32. The first kappa shape index (κ1) is 16.0. The summed E-state index contributed by atoms with van der Waals surface area (Å²) in [5.74, 6) is 0.368. The molecule has 0 radical (unpaired) electrons. The highest BCUT2D eigenvalue weighted by molar-refractivity contribution is 6.35. The zero-order valence-electron chi connectivity index (χ0n) is 14.2. The SMILES string of the molecule is O=C(c1ccccc1-c1nn[nH]n1)N1CCc2[nH]c3c(Cl)cccc3c2C1. The number of halogens is 1. The number of rotatable bonds is 2. The van der Waals surface area contributed by atoms with Gasteiger partial charge in [0.05, 0.1) is 16.1 Å². The lowest BCUT2D eigenvalue weighted by Crippen LogP contribution is -2.36. The number of carbonyl (C=O) groups excluding carboxylic acids is 1. The highest BCUT2D eigenvalue weighted by atomic mass is 35.5. The van der Waals surface area contributed by atoms with E-state index in [0.717, 1.165) is 28.6 Å². The quantitative estimate of drug-likeness (QED) is 0.560. The molecule has 1 aliphatic heterocycles. The Morgan fingerprint density at radius 3 is 2.89 bits per heavy atom. The summed E-state index contributed by atoms with van der Waals surface area (Å²) in [6.07, 6.45) is 0.760. The largest absolute Gasteiger partial charge is 0.357 e. The maximum Gasteiger partial charge on any atom is 0.254 e. The molecule has 0 atom stereocenters. The Labute approximate surface area is 159 Å². The van der Waals surface area contributed by atoms with Gasteiger partial charge in [0.25, 0.3) is 5.91 Å². The van der Waals surface area contributed by atoms with Crippen molar-refractivity contribution < 1.29 is 4.79 Å². The van der Waals surface area contributed by atoms with Crippen molar-refractivity contribution >= 4 is 28.4 Å². The summed E-state index contributed by atoms with van der Waals surface area (Å²) in [5.41, 5.74) is 4.45. The maximum atomic E-state index is 13.3. The minimum atomic E-state index is -0.0440. The number of nitrogens with zero attached hydrogens (tertiary/aromatic N) is 4. The molecule has 0 fully saturated rings. The summed E-state index contributed by atoms with van der Waals surface area (Å²) < 4.78 is 0. The third kappa shape index (κ3) is 2.59. The summed E-state index contributed by atoms with van der Waals surface area (Å²) in [5, 5.41) is 15.8. The molecule has 2 N–H and O–H groups in total. The molecule has 0 spiro atoms. The topological polar surface area (TPSA) is 90.6 Å². The lowest BCUT2D eigenvalue weighted by Gasteiger charge is -2.28. The second-order valence-corrected chi connectivity index (χ2v) is 6.91. The van der Waals surface area contributed by atoms with Crippen molar-refractivity contribution in [3.8, 4) is 11.4 Å². The van der Waals surface area contributed by atoms with E-state index in [0.29, 0.717) is 35.1 Å². The number of H-pyrrole nitrogens is 2. The lowest BCUT2D eigenvalue weighted by molar-refractivity contribution is 0.0736.